The first-order chi connectivity index (χ1) is 6.74. The molecule has 0 aliphatic heterocycles. The number of aryl methyl sites for hydroxylation is 1. The Bertz CT molecular complexity index is 344. The number of nitriles is 1. The number of nitrogens with zero attached hydrogens (tertiary/aromatic N) is 1. The van der Waals surface area contributed by atoms with E-state index >= 15 is 0 Å². The summed E-state index contributed by atoms with van der Waals surface area (Å²) in [5.74, 6) is 0.841. The van der Waals surface area contributed by atoms with Crippen LogP contribution in [0.4, 0.5) is 0 Å². The zero-order chi connectivity index (χ0) is 10.4. The van der Waals surface area contributed by atoms with E-state index < -0.39 is 0 Å². The van der Waals surface area contributed by atoms with E-state index in [0.717, 1.165) is 16.6 Å². The van der Waals surface area contributed by atoms with Gasteiger partial charge in [-0.15, -0.1) is 0 Å². The van der Waals surface area contributed by atoms with Crippen LogP contribution >= 0.6 is 15.9 Å². The predicted octanol–water partition coefficient (Wildman–Crippen LogP) is 3.44. The average Bonchev–Trinajstić information content (AvgIpc) is 2.15. The van der Waals surface area contributed by atoms with Crippen LogP contribution in [-0.2, 0) is 0 Å². The van der Waals surface area contributed by atoms with Gasteiger partial charge in [-0.2, -0.15) is 5.26 Å². The van der Waals surface area contributed by atoms with Crippen molar-refractivity contribution in [1.29, 1.82) is 5.26 Å². The number of ether oxygens (including phenoxy) is 1. The summed E-state index contributed by atoms with van der Waals surface area (Å²) in [6.45, 7) is 2.62. The van der Waals surface area contributed by atoms with Gasteiger partial charge in [-0.05, 0) is 47.0 Å². The Hall–Kier alpha value is -1.01. The molecule has 14 heavy (non-hydrogen) atoms. The smallest absolute Gasteiger partial charge is 0.133 e. The number of benzene rings is 1. The lowest BCUT2D eigenvalue weighted by Crippen LogP contribution is -1.97. The molecule has 2 nitrogen and oxygen atoms in total. The molecule has 0 fully saturated rings. The molecule has 0 saturated carbocycles. The van der Waals surface area contributed by atoms with Gasteiger partial charge in [0.2, 0.25) is 0 Å². The monoisotopic (exact) mass is 253 g/mol. The minimum Gasteiger partial charge on any atom is -0.492 e. The van der Waals surface area contributed by atoms with E-state index in [-0.39, 0.29) is 0 Å². The summed E-state index contributed by atoms with van der Waals surface area (Å²) < 4.78 is 6.46. The molecular weight excluding hydrogens is 242 g/mol. The van der Waals surface area contributed by atoms with E-state index in [1.54, 1.807) is 0 Å². The lowest BCUT2D eigenvalue weighted by atomic mass is 10.2. The van der Waals surface area contributed by atoms with Crippen molar-refractivity contribution in [3.8, 4) is 11.8 Å². The van der Waals surface area contributed by atoms with Crippen LogP contribution in [0.2, 0.25) is 0 Å². The number of hydrogen-bond donors (Lipinski definition) is 0. The second-order valence-electron chi connectivity index (χ2n) is 3.04. The van der Waals surface area contributed by atoms with E-state index in [2.05, 4.69) is 22.0 Å². The summed E-state index contributed by atoms with van der Waals surface area (Å²) in [4.78, 5) is 0. The molecule has 0 saturated heterocycles. The fourth-order valence-electron chi connectivity index (χ4n) is 1.06. The van der Waals surface area contributed by atoms with Crippen LogP contribution in [0.25, 0.3) is 0 Å². The van der Waals surface area contributed by atoms with Crippen LogP contribution < -0.4 is 4.74 Å². The normalized spacial score (nSPS) is 9.50. The molecule has 1 aromatic rings. The number of hydrogen-bond acceptors (Lipinski definition) is 2. The first-order valence-corrected chi connectivity index (χ1v) is 5.29. The molecule has 3 heteroatoms. The van der Waals surface area contributed by atoms with Gasteiger partial charge in [0.25, 0.3) is 0 Å². The summed E-state index contributed by atoms with van der Waals surface area (Å²) in [6, 6.07) is 8.04. The maximum atomic E-state index is 8.34. The predicted molar refractivity (Wildman–Crippen MR) is 59.2 cm³/mol. The summed E-state index contributed by atoms with van der Waals surface area (Å²) in [6.07, 6.45) is 1.32. The van der Waals surface area contributed by atoms with E-state index in [9.17, 15) is 0 Å². The summed E-state index contributed by atoms with van der Waals surface area (Å²) in [5.41, 5.74) is 1.20. The van der Waals surface area contributed by atoms with E-state index in [4.69, 9.17) is 10.00 Å². The van der Waals surface area contributed by atoms with Crippen molar-refractivity contribution in [3.05, 3.63) is 28.2 Å². The van der Waals surface area contributed by atoms with Crippen molar-refractivity contribution in [2.24, 2.45) is 0 Å². The molecule has 0 amide bonds. The van der Waals surface area contributed by atoms with Crippen LogP contribution in [-0.4, -0.2) is 6.61 Å². The van der Waals surface area contributed by atoms with Gasteiger partial charge in [0.1, 0.15) is 5.75 Å². The molecule has 0 radical (unpaired) electrons. The van der Waals surface area contributed by atoms with Gasteiger partial charge >= 0.3 is 0 Å². The lowest BCUT2D eigenvalue weighted by Gasteiger charge is -2.07. The van der Waals surface area contributed by atoms with Crippen molar-refractivity contribution >= 4 is 15.9 Å². The second kappa shape index (κ2) is 5.66. The van der Waals surface area contributed by atoms with Crippen molar-refractivity contribution in [2.45, 2.75) is 19.8 Å². The zero-order valence-electron chi connectivity index (χ0n) is 8.09. The topological polar surface area (TPSA) is 33.0 Å². The highest BCUT2D eigenvalue weighted by Crippen LogP contribution is 2.25. The third kappa shape index (κ3) is 3.39. The molecule has 1 aromatic carbocycles. The number of halogens is 1. The van der Waals surface area contributed by atoms with Crippen molar-refractivity contribution in [3.63, 3.8) is 0 Å². The van der Waals surface area contributed by atoms with Gasteiger partial charge in [-0.25, -0.2) is 0 Å². The standard InChI is InChI=1S/C11H12BrNO/c1-9-4-5-11(10(12)8-9)14-7-3-2-6-13/h4-5,8H,2-3,7H2,1H3. The van der Waals surface area contributed by atoms with Gasteiger partial charge < -0.3 is 4.74 Å². The van der Waals surface area contributed by atoms with Crippen LogP contribution in [0.5, 0.6) is 5.75 Å². The summed E-state index contributed by atoms with van der Waals surface area (Å²) in [5, 5.41) is 8.34. The van der Waals surface area contributed by atoms with Crippen LogP contribution in [0.15, 0.2) is 22.7 Å². The van der Waals surface area contributed by atoms with Crippen molar-refractivity contribution in [2.75, 3.05) is 6.61 Å². The van der Waals surface area contributed by atoms with Gasteiger partial charge in [-0.3, -0.25) is 0 Å². The number of rotatable bonds is 4. The second-order valence-corrected chi connectivity index (χ2v) is 3.90. The maximum Gasteiger partial charge on any atom is 0.133 e. The lowest BCUT2D eigenvalue weighted by molar-refractivity contribution is 0.311. The third-order valence-corrected chi connectivity index (χ3v) is 2.40. The molecule has 0 aliphatic carbocycles. The first-order valence-electron chi connectivity index (χ1n) is 4.50. The van der Waals surface area contributed by atoms with E-state index in [1.807, 2.05) is 25.1 Å². The minimum atomic E-state index is 0.545. The number of unbranched alkanes of at least 4 members (excludes halogenated alkanes) is 1. The van der Waals surface area contributed by atoms with Gasteiger partial charge in [0.15, 0.2) is 0 Å². The Kier molecular flexibility index (Phi) is 4.48. The third-order valence-electron chi connectivity index (χ3n) is 1.78. The zero-order valence-corrected chi connectivity index (χ0v) is 9.67. The SMILES string of the molecule is Cc1ccc(OCCCC#N)c(Br)c1. The minimum absolute atomic E-state index is 0.545. The Morgan fingerprint density at radius 1 is 1.50 bits per heavy atom. The largest absolute Gasteiger partial charge is 0.492 e. The fourth-order valence-corrected chi connectivity index (χ4v) is 1.66. The summed E-state index contributed by atoms with van der Waals surface area (Å²) in [7, 11) is 0. The molecule has 0 aromatic heterocycles. The molecule has 0 heterocycles. The molecule has 0 N–H and O–H groups in total. The van der Waals surface area contributed by atoms with Crippen LogP contribution in [0.1, 0.15) is 18.4 Å². The van der Waals surface area contributed by atoms with E-state index in [0.29, 0.717) is 13.0 Å². The van der Waals surface area contributed by atoms with Gasteiger partial charge in [-0.1, -0.05) is 6.07 Å². The fraction of sp³-hybridized carbons (Fsp3) is 0.364. The highest BCUT2D eigenvalue weighted by Gasteiger charge is 2.00. The highest BCUT2D eigenvalue weighted by atomic mass is 79.9. The highest BCUT2D eigenvalue weighted by molar-refractivity contribution is 9.10. The Balaban J connectivity index is 2.47. The molecular formula is C11H12BrNO. The van der Waals surface area contributed by atoms with Crippen molar-refractivity contribution < 1.29 is 4.74 Å². The molecule has 0 atom stereocenters. The van der Waals surface area contributed by atoms with Gasteiger partial charge in [0.05, 0.1) is 17.1 Å². The first kappa shape index (κ1) is 11.1. The molecule has 0 spiro atoms. The molecule has 0 bridgehead atoms. The molecule has 0 unspecified atom stereocenters. The Morgan fingerprint density at radius 2 is 2.29 bits per heavy atom. The average molecular weight is 254 g/mol. The quantitative estimate of drug-likeness (QED) is 0.771. The van der Waals surface area contributed by atoms with Crippen molar-refractivity contribution in [1.82, 2.24) is 0 Å². The molecule has 1 rings (SSSR count). The Morgan fingerprint density at radius 3 is 2.93 bits per heavy atom. The summed E-state index contributed by atoms with van der Waals surface area (Å²) >= 11 is 3.43. The van der Waals surface area contributed by atoms with E-state index in [1.165, 1.54) is 5.56 Å². The molecule has 0 aliphatic rings. The van der Waals surface area contributed by atoms with Crippen LogP contribution in [0.3, 0.4) is 0 Å². The molecule has 74 valence electrons. The Labute approximate surface area is 92.6 Å². The van der Waals surface area contributed by atoms with Gasteiger partial charge in [0, 0.05) is 6.42 Å². The van der Waals surface area contributed by atoms with Crippen LogP contribution in [0, 0.1) is 18.3 Å². The maximum absolute atomic E-state index is 8.34.